The standard InChI is InChI=1S/C12H17N3O2/c1-9-3-5-10(6-4-9)14-12(17)8-15(2)7-11(13)16/h3-6H,7-8H2,1-2H3,(H2,13,16)(H,14,17). The molecule has 0 fully saturated rings. The van der Waals surface area contributed by atoms with E-state index in [2.05, 4.69) is 5.32 Å². The Morgan fingerprint density at radius 2 is 1.82 bits per heavy atom. The number of nitrogens with one attached hydrogen (secondary N) is 1. The molecule has 0 heterocycles. The summed E-state index contributed by atoms with van der Waals surface area (Å²) in [5, 5.41) is 2.74. The normalized spacial score (nSPS) is 10.3. The predicted octanol–water partition coefficient (Wildman–Crippen LogP) is 0.351. The summed E-state index contributed by atoms with van der Waals surface area (Å²) in [4.78, 5) is 23.8. The van der Waals surface area contributed by atoms with Gasteiger partial charge >= 0.3 is 0 Å². The summed E-state index contributed by atoms with van der Waals surface area (Å²) >= 11 is 0. The maximum Gasteiger partial charge on any atom is 0.238 e. The molecule has 0 aliphatic rings. The van der Waals surface area contributed by atoms with Gasteiger partial charge in [-0.2, -0.15) is 0 Å². The number of hydrogen-bond acceptors (Lipinski definition) is 3. The van der Waals surface area contributed by atoms with E-state index in [1.807, 2.05) is 31.2 Å². The van der Waals surface area contributed by atoms with Crippen molar-refractivity contribution in [2.24, 2.45) is 5.73 Å². The molecule has 3 N–H and O–H groups in total. The molecule has 92 valence electrons. The smallest absolute Gasteiger partial charge is 0.238 e. The molecule has 1 rings (SSSR count). The number of nitrogens with zero attached hydrogens (tertiary/aromatic N) is 1. The summed E-state index contributed by atoms with van der Waals surface area (Å²) in [6.07, 6.45) is 0. The molecule has 2 amide bonds. The van der Waals surface area contributed by atoms with Crippen LogP contribution >= 0.6 is 0 Å². The Morgan fingerprint density at radius 3 is 2.35 bits per heavy atom. The van der Waals surface area contributed by atoms with Crippen LogP contribution in [0.25, 0.3) is 0 Å². The lowest BCUT2D eigenvalue weighted by molar-refractivity contribution is -0.120. The number of carbonyl (C=O) groups is 2. The van der Waals surface area contributed by atoms with Crippen LogP contribution in [0.4, 0.5) is 5.69 Å². The van der Waals surface area contributed by atoms with E-state index in [9.17, 15) is 9.59 Å². The van der Waals surface area contributed by atoms with Crippen LogP contribution in [-0.2, 0) is 9.59 Å². The number of primary amides is 1. The zero-order chi connectivity index (χ0) is 12.8. The highest BCUT2D eigenvalue weighted by Crippen LogP contribution is 2.08. The van der Waals surface area contributed by atoms with Gasteiger partial charge in [0.1, 0.15) is 0 Å². The van der Waals surface area contributed by atoms with Crippen LogP contribution in [0.15, 0.2) is 24.3 Å². The van der Waals surface area contributed by atoms with E-state index in [-0.39, 0.29) is 19.0 Å². The van der Waals surface area contributed by atoms with Crippen LogP contribution in [0.3, 0.4) is 0 Å². The van der Waals surface area contributed by atoms with Gasteiger partial charge in [-0.1, -0.05) is 17.7 Å². The van der Waals surface area contributed by atoms with Crippen LogP contribution in [0.5, 0.6) is 0 Å². The zero-order valence-electron chi connectivity index (χ0n) is 10.1. The van der Waals surface area contributed by atoms with E-state index in [1.54, 1.807) is 11.9 Å². The van der Waals surface area contributed by atoms with Crippen molar-refractivity contribution < 1.29 is 9.59 Å². The molecule has 0 unspecified atom stereocenters. The lowest BCUT2D eigenvalue weighted by Crippen LogP contribution is -2.36. The molecule has 1 aromatic rings. The van der Waals surface area contributed by atoms with Gasteiger partial charge in [-0.25, -0.2) is 0 Å². The van der Waals surface area contributed by atoms with Gasteiger partial charge in [-0.3, -0.25) is 14.5 Å². The summed E-state index contributed by atoms with van der Waals surface area (Å²) in [6, 6.07) is 7.51. The molecule has 0 atom stereocenters. The van der Waals surface area contributed by atoms with E-state index in [0.717, 1.165) is 11.3 Å². The molecule has 0 saturated carbocycles. The van der Waals surface area contributed by atoms with E-state index in [1.165, 1.54) is 0 Å². The average molecular weight is 235 g/mol. The zero-order valence-corrected chi connectivity index (χ0v) is 10.1. The summed E-state index contributed by atoms with van der Waals surface area (Å²) in [5.41, 5.74) is 6.90. The van der Waals surface area contributed by atoms with Crippen molar-refractivity contribution in [1.82, 2.24) is 4.90 Å². The molecule has 17 heavy (non-hydrogen) atoms. The largest absolute Gasteiger partial charge is 0.369 e. The lowest BCUT2D eigenvalue weighted by atomic mass is 10.2. The predicted molar refractivity (Wildman–Crippen MR) is 66.5 cm³/mol. The SMILES string of the molecule is Cc1ccc(NC(=O)CN(C)CC(N)=O)cc1. The van der Waals surface area contributed by atoms with Gasteiger partial charge in [0.15, 0.2) is 0 Å². The number of carbonyl (C=O) groups excluding carboxylic acids is 2. The fraction of sp³-hybridized carbons (Fsp3) is 0.333. The molecule has 0 radical (unpaired) electrons. The van der Waals surface area contributed by atoms with E-state index >= 15 is 0 Å². The van der Waals surface area contributed by atoms with Crippen molar-refractivity contribution in [2.45, 2.75) is 6.92 Å². The van der Waals surface area contributed by atoms with E-state index < -0.39 is 5.91 Å². The quantitative estimate of drug-likeness (QED) is 0.773. The average Bonchev–Trinajstić information content (AvgIpc) is 2.19. The van der Waals surface area contributed by atoms with Crippen LogP contribution in [-0.4, -0.2) is 36.9 Å². The molecular weight excluding hydrogens is 218 g/mol. The Balaban J connectivity index is 2.44. The first kappa shape index (κ1) is 13.2. The fourth-order valence-electron chi connectivity index (χ4n) is 1.40. The third kappa shape index (κ3) is 5.12. The first-order valence-electron chi connectivity index (χ1n) is 5.31. The van der Waals surface area contributed by atoms with Crippen molar-refractivity contribution in [1.29, 1.82) is 0 Å². The van der Waals surface area contributed by atoms with Crippen molar-refractivity contribution >= 4 is 17.5 Å². The number of aryl methyl sites for hydroxylation is 1. The Bertz CT molecular complexity index is 401. The number of likely N-dealkylation sites (N-methyl/N-ethyl adjacent to an activating group) is 1. The van der Waals surface area contributed by atoms with Crippen molar-refractivity contribution in [3.8, 4) is 0 Å². The molecule has 5 nitrogen and oxygen atoms in total. The van der Waals surface area contributed by atoms with Gasteiger partial charge in [-0.15, -0.1) is 0 Å². The molecule has 0 aliphatic carbocycles. The summed E-state index contributed by atoms with van der Waals surface area (Å²) in [7, 11) is 1.67. The van der Waals surface area contributed by atoms with E-state index in [4.69, 9.17) is 5.73 Å². The second kappa shape index (κ2) is 6.00. The number of nitrogens with two attached hydrogens (primary N) is 1. The highest BCUT2D eigenvalue weighted by molar-refractivity contribution is 5.92. The number of rotatable bonds is 5. The van der Waals surface area contributed by atoms with Gasteiger partial charge in [0.05, 0.1) is 13.1 Å². The minimum absolute atomic E-state index is 0.0708. The third-order valence-corrected chi connectivity index (χ3v) is 2.17. The molecule has 0 saturated heterocycles. The Labute approximate surface area is 101 Å². The van der Waals surface area contributed by atoms with Crippen LogP contribution in [0, 0.1) is 6.92 Å². The molecule has 0 aromatic heterocycles. The second-order valence-corrected chi connectivity index (χ2v) is 4.05. The van der Waals surface area contributed by atoms with Gasteiger partial charge in [-0.05, 0) is 26.1 Å². The molecule has 5 heteroatoms. The highest BCUT2D eigenvalue weighted by Gasteiger charge is 2.08. The Hall–Kier alpha value is -1.88. The number of anilines is 1. The van der Waals surface area contributed by atoms with Gasteiger partial charge in [0.25, 0.3) is 0 Å². The molecule has 0 aliphatic heterocycles. The molecular formula is C12H17N3O2. The van der Waals surface area contributed by atoms with Gasteiger partial charge < -0.3 is 11.1 Å². The summed E-state index contributed by atoms with van der Waals surface area (Å²) in [5.74, 6) is -0.617. The van der Waals surface area contributed by atoms with Crippen LogP contribution in [0.2, 0.25) is 0 Å². The van der Waals surface area contributed by atoms with Gasteiger partial charge in [0.2, 0.25) is 11.8 Å². The minimum Gasteiger partial charge on any atom is -0.369 e. The Kier molecular flexibility index (Phi) is 4.66. The van der Waals surface area contributed by atoms with Crippen LogP contribution in [0.1, 0.15) is 5.56 Å². The Morgan fingerprint density at radius 1 is 1.24 bits per heavy atom. The topological polar surface area (TPSA) is 75.4 Å². The first-order chi connectivity index (χ1) is 7.97. The maximum absolute atomic E-state index is 11.6. The summed E-state index contributed by atoms with van der Waals surface area (Å²) < 4.78 is 0. The number of amides is 2. The van der Waals surface area contributed by atoms with Crippen molar-refractivity contribution in [3.63, 3.8) is 0 Å². The third-order valence-electron chi connectivity index (χ3n) is 2.17. The van der Waals surface area contributed by atoms with Crippen LogP contribution < -0.4 is 11.1 Å². The van der Waals surface area contributed by atoms with Crippen molar-refractivity contribution in [2.75, 3.05) is 25.5 Å². The highest BCUT2D eigenvalue weighted by atomic mass is 16.2. The molecule has 0 spiro atoms. The maximum atomic E-state index is 11.6. The minimum atomic E-state index is -0.448. The fourth-order valence-corrected chi connectivity index (χ4v) is 1.40. The molecule has 0 bridgehead atoms. The van der Waals surface area contributed by atoms with Crippen molar-refractivity contribution in [3.05, 3.63) is 29.8 Å². The number of hydrogen-bond donors (Lipinski definition) is 2. The molecule has 1 aromatic carbocycles. The first-order valence-corrected chi connectivity index (χ1v) is 5.31. The number of benzene rings is 1. The summed E-state index contributed by atoms with van der Waals surface area (Å²) in [6.45, 7) is 2.18. The monoisotopic (exact) mass is 235 g/mol. The lowest BCUT2D eigenvalue weighted by Gasteiger charge is -2.14. The van der Waals surface area contributed by atoms with E-state index in [0.29, 0.717) is 0 Å². The van der Waals surface area contributed by atoms with Gasteiger partial charge in [0, 0.05) is 5.69 Å². The second-order valence-electron chi connectivity index (χ2n) is 4.05.